The Kier molecular flexibility index (Phi) is 2.17. The minimum absolute atomic E-state index is 0.334. The molecule has 3 aliphatic heterocycles. The summed E-state index contributed by atoms with van der Waals surface area (Å²) in [7, 11) is -1.23. The first-order valence-corrected chi connectivity index (χ1v) is 11.0. The van der Waals surface area contributed by atoms with Crippen molar-refractivity contribution < 1.29 is 0 Å². The molecule has 0 amide bonds. The van der Waals surface area contributed by atoms with E-state index in [2.05, 4.69) is 52.1 Å². The van der Waals surface area contributed by atoms with Crippen LogP contribution in [0, 0.1) is 6.92 Å². The van der Waals surface area contributed by atoms with Gasteiger partial charge in [0, 0.05) is 24.2 Å². The third-order valence-corrected chi connectivity index (χ3v) is 10.9. The van der Waals surface area contributed by atoms with Gasteiger partial charge in [-0.25, -0.2) is 0 Å². The van der Waals surface area contributed by atoms with Gasteiger partial charge in [0.2, 0.25) is 0 Å². The van der Waals surface area contributed by atoms with Crippen molar-refractivity contribution in [2.45, 2.75) is 64.1 Å². The molecule has 2 heteroatoms. The van der Waals surface area contributed by atoms with Gasteiger partial charge in [-0.3, -0.25) is 0 Å². The van der Waals surface area contributed by atoms with Crippen LogP contribution in [0.2, 0.25) is 18.6 Å². The second kappa shape index (κ2) is 3.35. The van der Waals surface area contributed by atoms with Gasteiger partial charge in [0.25, 0.3) is 0 Å². The van der Waals surface area contributed by atoms with Crippen molar-refractivity contribution in [3.8, 4) is 0 Å². The van der Waals surface area contributed by atoms with Crippen molar-refractivity contribution in [2.24, 2.45) is 0 Å². The molecular weight excluding hydrogens is 258 g/mol. The maximum Gasteiger partial charge on any atom is 0.0893 e. The smallest absolute Gasteiger partial charge is 0.0893 e. The van der Waals surface area contributed by atoms with Crippen LogP contribution in [0.15, 0.2) is 6.07 Å². The molecule has 0 saturated carbocycles. The van der Waals surface area contributed by atoms with Crippen molar-refractivity contribution in [2.75, 3.05) is 18.0 Å². The zero-order chi connectivity index (χ0) is 14.5. The number of rotatable bonds is 0. The molecule has 3 heterocycles. The lowest BCUT2D eigenvalue weighted by atomic mass is 9.80. The molecule has 1 aromatic carbocycles. The van der Waals surface area contributed by atoms with Crippen molar-refractivity contribution >= 4 is 18.9 Å². The van der Waals surface area contributed by atoms with Gasteiger partial charge in [-0.05, 0) is 46.3 Å². The van der Waals surface area contributed by atoms with E-state index in [1.807, 2.05) is 5.19 Å². The molecule has 4 rings (SSSR count). The van der Waals surface area contributed by atoms with E-state index in [-0.39, 0.29) is 0 Å². The van der Waals surface area contributed by atoms with Crippen molar-refractivity contribution in [3.63, 3.8) is 0 Å². The first-order chi connectivity index (χ1) is 9.16. The summed E-state index contributed by atoms with van der Waals surface area (Å²) in [5.41, 5.74) is 7.34. The Morgan fingerprint density at radius 2 is 1.85 bits per heavy atom. The van der Waals surface area contributed by atoms with E-state index in [9.17, 15) is 0 Å². The Morgan fingerprint density at radius 3 is 2.55 bits per heavy atom. The summed E-state index contributed by atoms with van der Waals surface area (Å²) in [6.45, 7) is 17.4. The summed E-state index contributed by atoms with van der Waals surface area (Å²) in [4.78, 5) is 2.72. The van der Waals surface area contributed by atoms with E-state index in [0.29, 0.717) is 10.8 Å². The molecule has 0 aliphatic carbocycles. The van der Waals surface area contributed by atoms with Gasteiger partial charge in [0.15, 0.2) is 0 Å². The largest absolute Gasteiger partial charge is 0.371 e. The molecule has 1 aromatic rings. The van der Waals surface area contributed by atoms with Gasteiger partial charge in [0.1, 0.15) is 0 Å². The second-order valence-electron chi connectivity index (χ2n) is 9.02. The minimum atomic E-state index is -1.23. The van der Waals surface area contributed by atoms with Crippen LogP contribution in [0.1, 0.15) is 44.4 Å². The fourth-order valence-corrected chi connectivity index (χ4v) is 11.1. The Labute approximate surface area is 124 Å². The van der Waals surface area contributed by atoms with Crippen LogP contribution in [-0.2, 0) is 10.8 Å². The van der Waals surface area contributed by atoms with Crippen molar-refractivity contribution in [3.05, 3.63) is 22.8 Å². The van der Waals surface area contributed by atoms with E-state index in [1.165, 1.54) is 25.2 Å². The highest BCUT2D eigenvalue weighted by Crippen LogP contribution is 2.52. The molecule has 0 fully saturated rings. The molecule has 0 saturated heterocycles. The number of aryl methyl sites for hydroxylation is 1. The van der Waals surface area contributed by atoms with Crippen LogP contribution in [-0.4, -0.2) is 21.2 Å². The molecule has 1 nitrogen and oxygen atoms in total. The van der Waals surface area contributed by atoms with Gasteiger partial charge in [0.05, 0.1) is 8.07 Å². The summed E-state index contributed by atoms with van der Waals surface area (Å²) in [6, 6.07) is 5.48. The van der Waals surface area contributed by atoms with Gasteiger partial charge >= 0.3 is 0 Å². The van der Waals surface area contributed by atoms with E-state index in [0.717, 1.165) is 0 Å². The van der Waals surface area contributed by atoms with Crippen LogP contribution in [0.5, 0.6) is 0 Å². The molecule has 0 spiro atoms. The molecule has 0 N–H and O–H groups in total. The predicted octanol–water partition coefficient (Wildman–Crippen LogP) is 3.68. The normalized spacial score (nSPS) is 31.6. The molecule has 20 heavy (non-hydrogen) atoms. The van der Waals surface area contributed by atoms with Crippen LogP contribution >= 0.6 is 0 Å². The monoisotopic (exact) mass is 285 g/mol. The Morgan fingerprint density at radius 1 is 1.15 bits per heavy atom. The summed E-state index contributed by atoms with van der Waals surface area (Å²) in [5, 5.41) is 1.85. The van der Waals surface area contributed by atoms with E-state index >= 15 is 0 Å². The summed E-state index contributed by atoms with van der Waals surface area (Å²) < 4.78 is 0. The number of nitrogens with zero attached hydrogens (tertiary/aromatic N) is 1. The lowest BCUT2D eigenvalue weighted by Crippen LogP contribution is -2.51. The maximum atomic E-state index is 2.72. The molecular formula is C18H27NSi. The first-order valence-electron chi connectivity index (χ1n) is 8.10. The molecule has 0 radical (unpaired) electrons. The molecule has 3 aliphatic rings. The molecule has 0 bridgehead atoms. The van der Waals surface area contributed by atoms with Crippen LogP contribution in [0.4, 0.5) is 5.69 Å². The fraction of sp³-hybridized carbons (Fsp3) is 0.667. The highest BCUT2D eigenvalue weighted by Gasteiger charge is 2.54. The molecule has 1 atom stereocenters. The Hall–Kier alpha value is -0.763. The molecule has 108 valence electrons. The quantitative estimate of drug-likeness (QED) is 0.657. The second-order valence-corrected chi connectivity index (χ2v) is 13.5. The van der Waals surface area contributed by atoms with Crippen molar-refractivity contribution in [1.29, 1.82) is 0 Å². The zero-order valence-corrected chi connectivity index (χ0v) is 14.9. The van der Waals surface area contributed by atoms with Crippen molar-refractivity contribution in [1.82, 2.24) is 0 Å². The number of hydrogen-bond acceptors (Lipinski definition) is 1. The highest BCUT2D eigenvalue weighted by atomic mass is 28.3. The summed E-state index contributed by atoms with van der Waals surface area (Å²) >= 11 is 0. The van der Waals surface area contributed by atoms with Gasteiger partial charge in [-0.1, -0.05) is 40.3 Å². The highest BCUT2D eigenvalue weighted by molar-refractivity contribution is 6.94. The van der Waals surface area contributed by atoms with E-state index in [4.69, 9.17) is 0 Å². The standard InChI is InChI=1S/C18H27NSi/c1-12-9-13-16-15-14(12)17(2,3)10-19(15)7-8-20(16,6)11-18(13,4)5/h9H,7-8,10-11H2,1-6H3. The van der Waals surface area contributed by atoms with Crippen LogP contribution in [0.25, 0.3) is 0 Å². The third-order valence-electron chi connectivity index (χ3n) is 6.18. The summed E-state index contributed by atoms with van der Waals surface area (Å²) in [6.07, 6.45) is 0. The molecule has 0 aromatic heterocycles. The number of hydrogen-bond donors (Lipinski definition) is 0. The van der Waals surface area contributed by atoms with Gasteiger partial charge < -0.3 is 4.90 Å². The SMILES string of the molecule is Cc1cc2c3c4c1C(C)(C)CN4CC[Si]3(C)CC2(C)C. The number of anilines is 1. The van der Waals surface area contributed by atoms with Gasteiger partial charge in [-0.2, -0.15) is 0 Å². The lowest BCUT2D eigenvalue weighted by Gasteiger charge is -2.37. The Bertz CT molecular complexity index is 629. The van der Waals surface area contributed by atoms with Gasteiger partial charge in [-0.15, -0.1) is 0 Å². The van der Waals surface area contributed by atoms with Crippen LogP contribution in [0.3, 0.4) is 0 Å². The first kappa shape index (κ1) is 12.9. The summed E-state index contributed by atoms with van der Waals surface area (Å²) in [5.74, 6) is 0. The number of benzene rings is 1. The maximum absolute atomic E-state index is 2.72. The zero-order valence-electron chi connectivity index (χ0n) is 13.9. The van der Waals surface area contributed by atoms with E-state index < -0.39 is 8.07 Å². The average molecular weight is 286 g/mol. The predicted molar refractivity (Wildman–Crippen MR) is 90.3 cm³/mol. The topological polar surface area (TPSA) is 3.24 Å². The van der Waals surface area contributed by atoms with E-state index in [1.54, 1.807) is 22.4 Å². The average Bonchev–Trinajstić information content (AvgIpc) is 2.67. The van der Waals surface area contributed by atoms with Crippen LogP contribution < -0.4 is 10.1 Å². The molecule has 1 unspecified atom stereocenters. The minimum Gasteiger partial charge on any atom is -0.371 e. The third kappa shape index (κ3) is 1.34. The Balaban J connectivity index is 2.12. The fourth-order valence-electron chi connectivity index (χ4n) is 5.70. The lowest BCUT2D eigenvalue weighted by molar-refractivity contribution is 0.549.